The summed E-state index contributed by atoms with van der Waals surface area (Å²) in [6.07, 6.45) is 11.9. The van der Waals surface area contributed by atoms with Crippen LogP contribution in [0, 0.1) is 17.8 Å². The van der Waals surface area contributed by atoms with Gasteiger partial charge in [0.2, 0.25) is 0 Å². The van der Waals surface area contributed by atoms with E-state index in [-0.39, 0.29) is 34.9 Å². The number of esters is 1. The van der Waals surface area contributed by atoms with Gasteiger partial charge in [-0.2, -0.15) is 0 Å². The SMILES string of the molecule is COc1ccc(COC[C@H](C)C[C@H](C)C/C=C\[C@@H](C)[C@H](C[C@H](C[C@]2(C)CC[C@@](C)([C@H]3CC[C@@](C)([C@@H](C)O[Si](C)(C)C(C)(C)C)O3)O2)OC(=O)c2ccccc2)[Si](C(C)C)(C(C)C)C(C)C)cc1. The Kier molecular flexibility index (Phi) is 20.3. The van der Waals surface area contributed by atoms with E-state index in [4.69, 9.17) is 28.1 Å². The van der Waals surface area contributed by atoms with Crippen LogP contribution in [0.1, 0.15) is 178 Å². The van der Waals surface area contributed by atoms with Crippen LogP contribution < -0.4 is 4.74 Å². The molecule has 67 heavy (non-hydrogen) atoms. The van der Waals surface area contributed by atoms with Crippen LogP contribution in [0.4, 0.5) is 0 Å². The predicted octanol–water partition coefficient (Wildman–Crippen LogP) is 16.2. The van der Waals surface area contributed by atoms with E-state index in [2.05, 4.69) is 148 Å². The fraction of sp³-hybridized carbons (Fsp3) is 0.741. The number of carbonyl (C=O) groups is 1. The van der Waals surface area contributed by atoms with Gasteiger partial charge in [-0.3, -0.25) is 0 Å². The van der Waals surface area contributed by atoms with Gasteiger partial charge in [0.15, 0.2) is 8.32 Å². The normalized spacial score (nSPS) is 25.7. The van der Waals surface area contributed by atoms with Crippen LogP contribution in [0.3, 0.4) is 0 Å². The lowest BCUT2D eigenvalue weighted by Gasteiger charge is -2.52. The predicted molar refractivity (Wildman–Crippen MR) is 286 cm³/mol. The second-order valence-electron chi connectivity index (χ2n) is 24.6. The second-order valence-corrected chi connectivity index (χ2v) is 35.5. The quantitative estimate of drug-likeness (QED) is 0.0558. The molecule has 0 bridgehead atoms. The van der Waals surface area contributed by atoms with Crippen molar-refractivity contribution in [1.82, 2.24) is 0 Å². The average Bonchev–Trinajstić information content (AvgIpc) is 3.80. The third-order valence-electron chi connectivity index (χ3n) is 17.1. The van der Waals surface area contributed by atoms with Crippen molar-refractivity contribution in [3.8, 4) is 5.75 Å². The summed E-state index contributed by atoms with van der Waals surface area (Å²) in [7, 11) is -2.38. The molecule has 9 heteroatoms. The molecule has 0 aliphatic carbocycles. The molecule has 0 aromatic heterocycles. The number of hydrogen-bond acceptors (Lipinski definition) is 7. The van der Waals surface area contributed by atoms with Crippen LogP contribution >= 0.6 is 0 Å². The van der Waals surface area contributed by atoms with Gasteiger partial charge in [-0.25, -0.2) is 4.79 Å². The first kappa shape index (κ1) is 57.3. The Bertz CT molecular complexity index is 1820. The summed E-state index contributed by atoms with van der Waals surface area (Å²) in [5.74, 6) is 1.93. The number of rotatable bonds is 25. The van der Waals surface area contributed by atoms with Crippen molar-refractivity contribution >= 4 is 22.4 Å². The molecule has 0 amide bonds. The van der Waals surface area contributed by atoms with E-state index < -0.39 is 27.6 Å². The Morgan fingerprint density at radius 3 is 2.00 bits per heavy atom. The molecule has 380 valence electrons. The molecular formula is C58H98O7Si2. The Hall–Kier alpha value is -2.28. The average molecular weight is 964 g/mol. The highest BCUT2D eigenvalue weighted by Crippen LogP contribution is 2.56. The number of methoxy groups -OCH3 is 1. The van der Waals surface area contributed by atoms with Crippen LogP contribution in [0.25, 0.3) is 0 Å². The first-order valence-corrected chi connectivity index (χ1v) is 31.5. The monoisotopic (exact) mass is 963 g/mol. The number of carbonyl (C=O) groups excluding carboxylic acids is 1. The summed E-state index contributed by atoms with van der Waals surface area (Å²) >= 11 is 0. The van der Waals surface area contributed by atoms with E-state index in [1.807, 2.05) is 42.5 Å². The van der Waals surface area contributed by atoms with Crippen molar-refractivity contribution in [2.24, 2.45) is 17.8 Å². The summed E-state index contributed by atoms with van der Waals surface area (Å²) in [6.45, 7) is 43.9. The van der Waals surface area contributed by atoms with Crippen molar-refractivity contribution in [3.63, 3.8) is 0 Å². The number of benzene rings is 2. The minimum Gasteiger partial charge on any atom is -0.497 e. The first-order chi connectivity index (χ1) is 31.1. The summed E-state index contributed by atoms with van der Waals surface area (Å²) in [5, 5.41) is 0.126. The number of allylic oxidation sites excluding steroid dienone is 2. The van der Waals surface area contributed by atoms with Crippen LogP contribution in [0.5, 0.6) is 5.75 Å². The lowest BCUT2D eigenvalue weighted by Crippen LogP contribution is -2.52. The van der Waals surface area contributed by atoms with E-state index >= 15 is 0 Å². The molecule has 2 aromatic carbocycles. The van der Waals surface area contributed by atoms with Gasteiger partial charge in [0, 0.05) is 13.0 Å². The van der Waals surface area contributed by atoms with Crippen LogP contribution in [-0.4, -0.2) is 71.2 Å². The van der Waals surface area contributed by atoms with Gasteiger partial charge < -0.3 is 28.1 Å². The first-order valence-electron chi connectivity index (χ1n) is 26.3. The van der Waals surface area contributed by atoms with Gasteiger partial charge in [-0.15, -0.1) is 0 Å². The van der Waals surface area contributed by atoms with E-state index in [0.717, 1.165) is 62.9 Å². The molecule has 2 aromatic rings. The third kappa shape index (κ3) is 14.7. The van der Waals surface area contributed by atoms with Crippen LogP contribution in [0.15, 0.2) is 66.7 Å². The Morgan fingerprint density at radius 1 is 0.821 bits per heavy atom. The molecule has 10 atom stereocenters. The highest BCUT2D eigenvalue weighted by Gasteiger charge is 2.57. The Morgan fingerprint density at radius 2 is 1.43 bits per heavy atom. The molecular weight excluding hydrogens is 865 g/mol. The maximum atomic E-state index is 14.2. The highest BCUT2D eigenvalue weighted by molar-refractivity contribution is 6.84. The minimum absolute atomic E-state index is 0.0144. The zero-order valence-electron chi connectivity index (χ0n) is 46.1. The molecule has 2 aliphatic heterocycles. The zero-order chi connectivity index (χ0) is 50.2. The summed E-state index contributed by atoms with van der Waals surface area (Å²) in [4.78, 5) is 14.2. The molecule has 4 rings (SSSR count). The zero-order valence-corrected chi connectivity index (χ0v) is 48.1. The van der Waals surface area contributed by atoms with Gasteiger partial charge in [-0.05, 0) is 144 Å². The molecule has 0 spiro atoms. The molecule has 0 N–H and O–H groups in total. The summed E-state index contributed by atoms with van der Waals surface area (Å²) < 4.78 is 39.6. The molecule has 0 saturated carbocycles. The van der Waals surface area contributed by atoms with Crippen molar-refractivity contribution in [2.75, 3.05) is 13.7 Å². The fourth-order valence-corrected chi connectivity index (χ4v) is 22.1. The van der Waals surface area contributed by atoms with Crippen molar-refractivity contribution < 1.29 is 32.9 Å². The lowest BCUT2D eigenvalue weighted by atomic mass is 9.88. The number of ether oxygens (including phenoxy) is 5. The summed E-state index contributed by atoms with van der Waals surface area (Å²) in [6, 6.07) is 17.7. The number of hydrogen-bond donors (Lipinski definition) is 0. The van der Waals surface area contributed by atoms with Gasteiger partial charge in [-0.1, -0.05) is 142 Å². The summed E-state index contributed by atoms with van der Waals surface area (Å²) in [5.41, 5.74) is 2.49. The molecule has 7 nitrogen and oxygen atoms in total. The standard InChI is InChI=1S/C58H98O7Si2/c1-41(2)67(42(3)4,43(5)6)52(46(9)25-23-24-44(7)36-45(8)39-61-40-48-28-30-50(60-17)31-29-48)37-51(62-54(59)49-26-21-20-22-27-49)38-56(14)34-35-58(16,65-56)53-32-33-57(15,63-53)47(10)64-66(18,19)55(11,12)13/h20-23,25-31,41-47,51-53H,24,32-40H2,1-19H3/b25-23-/t44-,45-,46-,47-,51-,52+,53-,56+,57+,58+/m1/s1. The van der Waals surface area contributed by atoms with Gasteiger partial charge in [0.1, 0.15) is 11.9 Å². The topological polar surface area (TPSA) is 72.5 Å². The fourth-order valence-electron chi connectivity index (χ4n) is 12.4. The van der Waals surface area contributed by atoms with E-state index in [1.165, 1.54) is 0 Å². The maximum absolute atomic E-state index is 14.2. The third-order valence-corrected chi connectivity index (χ3v) is 29.7. The van der Waals surface area contributed by atoms with E-state index in [1.54, 1.807) is 7.11 Å². The molecule has 0 radical (unpaired) electrons. The maximum Gasteiger partial charge on any atom is 0.338 e. The Balaban J connectivity index is 1.55. The van der Waals surface area contributed by atoms with Crippen LogP contribution in [-0.2, 0) is 30.0 Å². The van der Waals surface area contributed by atoms with Crippen molar-refractivity contribution in [1.29, 1.82) is 0 Å². The van der Waals surface area contributed by atoms with Gasteiger partial charge >= 0.3 is 5.97 Å². The van der Waals surface area contributed by atoms with Crippen molar-refractivity contribution in [2.45, 2.75) is 244 Å². The van der Waals surface area contributed by atoms with Crippen LogP contribution in [0.2, 0.25) is 40.3 Å². The molecule has 2 heterocycles. The van der Waals surface area contributed by atoms with Gasteiger partial charge in [0.25, 0.3) is 0 Å². The van der Waals surface area contributed by atoms with Gasteiger partial charge in [0.05, 0.1) is 56.4 Å². The highest BCUT2D eigenvalue weighted by atomic mass is 28.4. The van der Waals surface area contributed by atoms with E-state index in [0.29, 0.717) is 58.5 Å². The van der Waals surface area contributed by atoms with E-state index in [9.17, 15) is 4.79 Å². The lowest BCUT2D eigenvalue weighted by molar-refractivity contribution is -0.188. The molecule has 2 fully saturated rings. The molecule has 2 saturated heterocycles. The second kappa shape index (κ2) is 23.8. The smallest absolute Gasteiger partial charge is 0.338 e. The van der Waals surface area contributed by atoms with Crippen molar-refractivity contribution in [3.05, 3.63) is 77.9 Å². The largest absolute Gasteiger partial charge is 0.497 e. The minimum atomic E-state index is -2.09. The molecule has 0 unspecified atom stereocenters. The Labute approximate surface area is 412 Å². The molecule has 2 aliphatic rings.